The third kappa shape index (κ3) is 46.5. The Morgan fingerprint density at radius 3 is 1.27 bits per heavy atom. The highest BCUT2D eigenvalue weighted by Gasteiger charge is 2.26. The monoisotopic (exact) mass is 861 g/mol. The Morgan fingerprint density at radius 1 is 0.508 bits per heavy atom. The molecule has 0 aromatic rings. The van der Waals surface area contributed by atoms with Crippen LogP contribution in [0, 0.1) is 0 Å². The van der Waals surface area contributed by atoms with Crippen LogP contribution < -0.4 is 0 Å². The fourth-order valence-electron chi connectivity index (χ4n) is 7.35. The summed E-state index contributed by atoms with van der Waals surface area (Å²) in [5.74, 6) is -0.379. The molecule has 0 aliphatic carbocycles. The molecule has 0 saturated heterocycles. The minimum absolute atomic E-state index is 0.0551. The lowest BCUT2D eigenvalue weighted by Crippen LogP contribution is -2.29. The van der Waals surface area contributed by atoms with Crippen molar-refractivity contribution in [2.45, 2.75) is 264 Å². The van der Waals surface area contributed by atoms with Crippen molar-refractivity contribution in [1.29, 1.82) is 0 Å². The van der Waals surface area contributed by atoms with Crippen molar-refractivity contribution < 1.29 is 43.0 Å². The molecule has 0 aliphatic rings. The summed E-state index contributed by atoms with van der Waals surface area (Å²) in [6, 6.07) is 0. The van der Waals surface area contributed by atoms with Gasteiger partial charge in [0.25, 0.3) is 0 Å². The molecule has 0 spiro atoms. The molecule has 352 valence electrons. The number of allylic oxidation sites excluding steroid dienone is 2. The molecule has 3 atom stereocenters. The lowest BCUT2D eigenvalue weighted by atomic mass is 10.0. The van der Waals surface area contributed by atoms with Gasteiger partial charge in [-0.15, -0.1) is 0 Å². The van der Waals surface area contributed by atoms with Crippen LogP contribution in [-0.2, 0) is 27.9 Å². The average Bonchev–Trinajstić information content (AvgIpc) is 3.23. The van der Waals surface area contributed by atoms with Crippen molar-refractivity contribution in [2.75, 3.05) is 33.0 Å². The second kappa shape index (κ2) is 46.7. The Kier molecular flexibility index (Phi) is 46.1. The Bertz CT molecular complexity index is 933. The molecule has 0 aromatic heterocycles. The van der Waals surface area contributed by atoms with E-state index in [1.807, 2.05) is 0 Å². The fourth-order valence-corrected chi connectivity index (χ4v) is 8.14. The van der Waals surface area contributed by atoms with Gasteiger partial charge in [-0.3, -0.25) is 13.8 Å². The Labute approximate surface area is 364 Å². The van der Waals surface area contributed by atoms with Crippen LogP contribution in [0.3, 0.4) is 0 Å². The van der Waals surface area contributed by atoms with E-state index in [1.54, 1.807) is 0 Å². The molecule has 0 amide bonds. The smallest absolute Gasteiger partial charge is 0.457 e. The number of aliphatic hydroxyl groups is 2. The van der Waals surface area contributed by atoms with Crippen LogP contribution in [0.2, 0.25) is 0 Å². The van der Waals surface area contributed by atoms with Crippen LogP contribution in [-0.4, -0.2) is 66.3 Å². The summed E-state index contributed by atoms with van der Waals surface area (Å²) in [6.45, 7) is 3.58. The molecule has 0 rings (SSSR count). The summed E-state index contributed by atoms with van der Waals surface area (Å²) in [7, 11) is -4.52. The zero-order chi connectivity index (χ0) is 43.2. The Balaban J connectivity index is 4.05. The number of hydrogen-bond acceptors (Lipinski definition) is 8. The van der Waals surface area contributed by atoms with Gasteiger partial charge >= 0.3 is 13.8 Å². The first-order chi connectivity index (χ1) is 28.8. The predicted molar refractivity (Wildman–Crippen MR) is 247 cm³/mol. The first-order valence-electron chi connectivity index (χ1n) is 25.2. The van der Waals surface area contributed by atoms with Crippen molar-refractivity contribution in [3.63, 3.8) is 0 Å². The van der Waals surface area contributed by atoms with E-state index in [0.717, 1.165) is 32.1 Å². The highest BCUT2D eigenvalue weighted by Crippen LogP contribution is 2.43. The van der Waals surface area contributed by atoms with E-state index in [0.29, 0.717) is 6.61 Å². The quantitative estimate of drug-likeness (QED) is 0.0237. The third-order valence-electron chi connectivity index (χ3n) is 11.2. The van der Waals surface area contributed by atoms with Gasteiger partial charge < -0.3 is 24.6 Å². The molecule has 0 bridgehead atoms. The first kappa shape index (κ1) is 58.2. The molecule has 0 saturated carbocycles. The largest absolute Gasteiger partial charge is 0.472 e. The van der Waals surface area contributed by atoms with Crippen LogP contribution in [0.1, 0.15) is 251 Å². The average molecular weight is 861 g/mol. The zero-order valence-electron chi connectivity index (χ0n) is 38.7. The van der Waals surface area contributed by atoms with Crippen LogP contribution in [0.5, 0.6) is 0 Å². The van der Waals surface area contributed by atoms with E-state index >= 15 is 0 Å². The minimum Gasteiger partial charge on any atom is -0.457 e. The maximum Gasteiger partial charge on any atom is 0.472 e. The third-order valence-corrected chi connectivity index (χ3v) is 12.2. The standard InChI is InChI=1S/C49H97O9P/c1-3-5-7-9-11-13-15-17-19-21-23-25-27-29-31-33-35-37-39-41-49(52)58-48(46-57-59(53,54)56-44-47(51)43-50)45-55-42-40-38-36-34-32-30-28-26-24-22-20-18-16-14-12-10-8-6-4-2/h17,19,47-48,50-51H,3-16,18,20-46H2,1-2H3,(H,53,54)/b19-17-. The molecule has 3 unspecified atom stereocenters. The molecule has 59 heavy (non-hydrogen) atoms. The van der Waals surface area contributed by atoms with Crippen LogP contribution >= 0.6 is 7.82 Å². The van der Waals surface area contributed by atoms with Gasteiger partial charge in [-0.1, -0.05) is 219 Å². The Hall–Kier alpha value is -0.800. The van der Waals surface area contributed by atoms with E-state index in [4.69, 9.17) is 23.6 Å². The van der Waals surface area contributed by atoms with Gasteiger partial charge in [0.05, 0.1) is 26.4 Å². The summed E-state index contributed by atoms with van der Waals surface area (Å²) in [6.07, 6.45) is 48.9. The van der Waals surface area contributed by atoms with Gasteiger partial charge in [-0.05, 0) is 38.5 Å². The van der Waals surface area contributed by atoms with E-state index in [9.17, 15) is 19.4 Å². The van der Waals surface area contributed by atoms with Gasteiger partial charge in [-0.25, -0.2) is 4.57 Å². The van der Waals surface area contributed by atoms with Crippen molar-refractivity contribution >= 4 is 13.8 Å². The maximum absolute atomic E-state index is 12.7. The zero-order valence-corrected chi connectivity index (χ0v) is 39.6. The molecule has 0 aliphatic heterocycles. The molecule has 0 radical (unpaired) electrons. The van der Waals surface area contributed by atoms with Gasteiger partial charge in [-0.2, -0.15) is 0 Å². The second-order valence-electron chi connectivity index (χ2n) is 17.2. The van der Waals surface area contributed by atoms with E-state index in [-0.39, 0.29) is 25.6 Å². The first-order valence-corrected chi connectivity index (χ1v) is 26.7. The van der Waals surface area contributed by atoms with Crippen molar-refractivity contribution in [3.8, 4) is 0 Å². The topological polar surface area (TPSA) is 132 Å². The highest BCUT2D eigenvalue weighted by molar-refractivity contribution is 7.47. The van der Waals surface area contributed by atoms with Crippen molar-refractivity contribution in [1.82, 2.24) is 0 Å². The fraction of sp³-hybridized carbons (Fsp3) is 0.939. The number of carbonyl (C=O) groups is 1. The normalized spacial score (nSPS) is 13.9. The van der Waals surface area contributed by atoms with Crippen molar-refractivity contribution in [3.05, 3.63) is 12.2 Å². The number of phosphoric acid groups is 1. The van der Waals surface area contributed by atoms with Gasteiger partial charge in [0.15, 0.2) is 0 Å². The number of aliphatic hydroxyl groups excluding tert-OH is 2. The van der Waals surface area contributed by atoms with E-state index in [1.165, 1.54) is 199 Å². The minimum atomic E-state index is -4.52. The summed E-state index contributed by atoms with van der Waals surface area (Å²) in [4.78, 5) is 22.7. The Morgan fingerprint density at radius 2 is 0.864 bits per heavy atom. The number of carbonyl (C=O) groups excluding carboxylic acids is 1. The predicted octanol–water partition coefficient (Wildman–Crippen LogP) is 14.4. The SMILES string of the molecule is CCCCCCCC/C=C\CCCCCCCCCCCC(=O)OC(COCCCCCCCCCCCCCCCCCCCCC)COP(=O)(O)OCC(O)CO. The number of hydrogen-bond donors (Lipinski definition) is 3. The molecule has 3 N–H and O–H groups in total. The molecule has 10 heteroatoms. The molecular weight excluding hydrogens is 764 g/mol. The summed E-state index contributed by atoms with van der Waals surface area (Å²) >= 11 is 0. The van der Waals surface area contributed by atoms with Gasteiger partial charge in [0.2, 0.25) is 0 Å². The summed E-state index contributed by atoms with van der Waals surface area (Å²) in [5.41, 5.74) is 0. The van der Waals surface area contributed by atoms with Crippen LogP contribution in [0.25, 0.3) is 0 Å². The lowest BCUT2D eigenvalue weighted by molar-refractivity contribution is -0.154. The van der Waals surface area contributed by atoms with Gasteiger partial charge in [0, 0.05) is 13.0 Å². The molecule has 0 fully saturated rings. The number of phosphoric ester groups is 1. The van der Waals surface area contributed by atoms with E-state index < -0.39 is 33.2 Å². The van der Waals surface area contributed by atoms with E-state index in [2.05, 4.69) is 26.0 Å². The lowest BCUT2D eigenvalue weighted by Gasteiger charge is -2.20. The number of unbranched alkanes of at least 4 members (excludes halogenated alkanes) is 33. The number of ether oxygens (including phenoxy) is 2. The number of rotatable bonds is 49. The molecular formula is C49H97O9P. The summed E-state index contributed by atoms with van der Waals surface area (Å²) < 4.78 is 33.5. The maximum atomic E-state index is 12.7. The van der Waals surface area contributed by atoms with Crippen molar-refractivity contribution in [2.24, 2.45) is 0 Å². The van der Waals surface area contributed by atoms with Gasteiger partial charge in [0.1, 0.15) is 12.2 Å². The summed E-state index contributed by atoms with van der Waals surface area (Å²) in [5, 5.41) is 18.4. The molecule has 0 aromatic carbocycles. The highest BCUT2D eigenvalue weighted by atomic mass is 31.2. The number of esters is 1. The molecule has 9 nitrogen and oxygen atoms in total. The second-order valence-corrected chi connectivity index (χ2v) is 18.6. The van der Waals surface area contributed by atoms with Crippen LogP contribution in [0.15, 0.2) is 12.2 Å². The van der Waals surface area contributed by atoms with Crippen LogP contribution in [0.4, 0.5) is 0 Å². The molecule has 0 heterocycles.